The van der Waals surface area contributed by atoms with Gasteiger partial charge in [-0.05, 0) is 46.1 Å². The molecule has 1 aromatic rings. The fourth-order valence-corrected chi connectivity index (χ4v) is 3.07. The van der Waals surface area contributed by atoms with Crippen LogP contribution in [0.3, 0.4) is 0 Å². The molecule has 4 heteroatoms. The maximum atomic E-state index is 9.41. The van der Waals surface area contributed by atoms with Gasteiger partial charge in [-0.3, -0.25) is 0 Å². The van der Waals surface area contributed by atoms with E-state index in [0.717, 1.165) is 37.9 Å². The SMILES string of the molecule is CNC1(C#N)CCCC1CCn1cnc(C)c1C. The molecule has 1 heterocycles. The molecule has 1 aromatic heterocycles. The molecule has 2 atom stereocenters. The number of imidazole rings is 1. The molecule has 4 nitrogen and oxygen atoms in total. The molecule has 1 saturated carbocycles. The molecule has 0 spiro atoms. The molecule has 1 fully saturated rings. The van der Waals surface area contributed by atoms with E-state index >= 15 is 0 Å². The summed E-state index contributed by atoms with van der Waals surface area (Å²) >= 11 is 0. The molecule has 0 bridgehead atoms. The van der Waals surface area contributed by atoms with Gasteiger partial charge in [0.1, 0.15) is 5.54 Å². The molecule has 1 N–H and O–H groups in total. The predicted molar refractivity (Wildman–Crippen MR) is 71.1 cm³/mol. The van der Waals surface area contributed by atoms with E-state index in [-0.39, 0.29) is 5.54 Å². The zero-order valence-corrected chi connectivity index (χ0v) is 11.5. The molecule has 98 valence electrons. The summed E-state index contributed by atoms with van der Waals surface area (Å²) in [7, 11) is 1.91. The van der Waals surface area contributed by atoms with Gasteiger partial charge in [-0.25, -0.2) is 4.98 Å². The Balaban J connectivity index is 2.02. The zero-order valence-electron chi connectivity index (χ0n) is 11.5. The lowest BCUT2D eigenvalue weighted by Gasteiger charge is -2.28. The van der Waals surface area contributed by atoms with Crippen molar-refractivity contribution in [1.82, 2.24) is 14.9 Å². The van der Waals surface area contributed by atoms with Crippen LogP contribution in [-0.4, -0.2) is 22.1 Å². The summed E-state index contributed by atoms with van der Waals surface area (Å²) in [6.45, 7) is 5.10. The summed E-state index contributed by atoms with van der Waals surface area (Å²) in [6.07, 6.45) is 6.24. The lowest BCUT2D eigenvalue weighted by Crippen LogP contribution is -2.45. The van der Waals surface area contributed by atoms with Gasteiger partial charge in [0.25, 0.3) is 0 Å². The fraction of sp³-hybridized carbons (Fsp3) is 0.714. The topological polar surface area (TPSA) is 53.6 Å². The summed E-state index contributed by atoms with van der Waals surface area (Å²) in [5.41, 5.74) is 2.03. The second-order valence-electron chi connectivity index (χ2n) is 5.32. The molecule has 18 heavy (non-hydrogen) atoms. The van der Waals surface area contributed by atoms with E-state index in [2.05, 4.69) is 27.9 Å². The van der Waals surface area contributed by atoms with Gasteiger partial charge in [-0.1, -0.05) is 6.42 Å². The highest BCUT2D eigenvalue weighted by Crippen LogP contribution is 2.37. The minimum absolute atomic E-state index is 0.302. The number of aryl methyl sites for hydroxylation is 2. The Labute approximate surface area is 109 Å². The van der Waals surface area contributed by atoms with Crippen LogP contribution in [0.4, 0.5) is 0 Å². The van der Waals surface area contributed by atoms with Crippen LogP contribution >= 0.6 is 0 Å². The number of aromatic nitrogens is 2. The van der Waals surface area contributed by atoms with Gasteiger partial charge in [0.05, 0.1) is 18.1 Å². The third-order valence-corrected chi connectivity index (χ3v) is 4.53. The fourth-order valence-electron chi connectivity index (χ4n) is 3.07. The average molecular weight is 246 g/mol. The summed E-state index contributed by atoms with van der Waals surface area (Å²) in [5, 5.41) is 12.7. The van der Waals surface area contributed by atoms with E-state index in [1.54, 1.807) is 0 Å². The first-order valence-corrected chi connectivity index (χ1v) is 6.71. The van der Waals surface area contributed by atoms with Gasteiger partial charge in [0.2, 0.25) is 0 Å². The van der Waals surface area contributed by atoms with E-state index < -0.39 is 0 Å². The van der Waals surface area contributed by atoms with Crippen molar-refractivity contribution in [3.05, 3.63) is 17.7 Å². The van der Waals surface area contributed by atoms with E-state index in [1.807, 2.05) is 20.3 Å². The van der Waals surface area contributed by atoms with Crippen molar-refractivity contribution in [3.63, 3.8) is 0 Å². The van der Waals surface area contributed by atoms with Gasteiger partial charge in [-0.15, -0.1) is 0 Å². The summed E-state index contributed by atoms with van der Waals surface area (Å²) in [5.74, 6) is 0.453. The second-order valence-corrected chi connectivity index (χ2v) is 5.32. The van der Waals surface area contributed by atoms with Gasteiger partial charge in [-0.2, -0.15) is 5.26 Å². The minimum Gasteiger partial charge on any atom is -0.335 e. The van der Waals surface area contributed by atoms with E-state index in [4.69, 9.17) is 0 Å². The van der Waals surface area contributed by atoms with Crippen molar-refractivity contribution in [2.45, 2.75) is 51.6 Å². The van der Waals surface area contributed by atoms with Crippen molar-refractivity contribution in [1.29, 1.82) is 5.26 Å². The predicted octanol–water partition coefficient (Wildman–Crippen LogP) is 2.17. The van der Waals surface area contributed by atoms with Gasteiger partial charge in [0.15, 0.2) is 0 Å². The van der Waals surface area contributed by atoms with Crippen molar-refractivity contribution in [2.75, 3.05) is 7.05 Å². The standard InChI is InChI=1S/C14H22N4/c1-11-12(2)18(10-17-11)8-6-13-5-4-7-14(13,9-15)16-3/h10,13,16H,4-8H2,1-3H3. The Hall–Kier alpha value is -1.34. The molecular weight excluding hydrogens is 224 g/mol. The normalized spacial score (nSPS) is 27.3. The third-order valence-electron chi connectivity index (χ3n) is 4.53. The Morgan fingerprint density at radius 2 is 2.39 bits per heavy atom. The number of hydrogen-bond acceptors (Lipinski definition) is 3. The Morgan fingerprint density at radius 1 is 1.61 bits per heavy atom. The molecule has 1 aliphatic rings. The van der Waals surface area contributed by atoms with Gasteiger partial charge in [0, 0.05) is 12.2 Å². The van der Waals surface area contributed by atoms with Crippen LogP contribution in [0.15, 0.2) is 6.33 Å². The molecular formula is C14H22N4. The van der Waals surface area contributed by atoms with Crippen LogP contribution in [0.5, 0.6) is 0 Å². The highest BCUT2D eigenvalue weighted by Gasteiger charge is 2.41. The van der Waals surface area contributed by atoms with Crippen molar-refractivity contribution in [2.24, 2.45) is 5.92 Å². The smallest absolute Gasteiger partial charge is 0.109 e. The first kappa shape index (κ1) is 13.1. The third kappa shape index (κ3) is 2.15. The Morgan fingerprint density at radius 3 is 2.94 bits per heavy atom. The number of rotatable bonds is 4. The first-order valence-electron chi connectivity index (χ1n) is 6.71. The van der Waals surface area contributed by atoms with E-state index in [1.165, 1.54) is 5.69 Å². The summed E-state index contributed by atoms with van der Waals surface area (Å²) in [6, 6.07) is 2.50. The van der Waals surface area contributed by atoms with Crippen molar-refractivity contribution < 1.29 is 0 Å². The second kappa shape index (κ2) is 5.11. The quantitative estimate of drug-likeness (QED) is 0.886. The Bertz CT molecular complexity index is 457. The average Bonchev–Trinajstić information content (AvgIpc) is 2.93. The first-order chi connectivity index (χ1) is 8.63. The maximum Gasteiger partial charge on any atom is 0.109 e. The Kier molecular flexibility index (Phi) is 3.72. The van der Waals surface area contributed by atoms with Crippen LogP contribution < -0.4 is 5.32 Å². The van der Waals surface area contributed by atoms with Crippen LogP contribution in [0.1, 0.15) is 37.1 Å². The largest absolute Gasteiger partial charge is 0.335 e. The molecule has 0 aromatic carbocycles. The highest BCUT2D eigenvalue weighted by molar-refractivity contribution is 5.14. The summed E-state index contributed by atoms with van der Waals surface area (Å²) in [4.78, 5) is 4.32. The van der Waals surface area contributed by atoms with Crippen LogP contribution in [0.25, 0.3) is 0 Å². The van der Waals surface area contributed by atoms with E-state index in [0.29, 0.717) is 5.92 Å². The molecule has 0 saturated heterocycles. The molecule has 0 aliphatic heterocycles. The van der Waals surface area contributed by atoms with Crippen molar-refractivity contribution in [3.8, 4) is 6.07 Å². The minimum atomic E-state index is -0.302. The number of hydrogen-bond donors (Lipinski definition) is 1. The van der Waals surface area contributed by atoms with Crippen molar-refractivity contribution >= 4 is 0 Å². The number of nitriles is 1. The van der Waals surface area contributed by atoms with Gasteiger partial charge >= 0.3 is 0 Å². The molecule has 2 rings (SSSR count). The molecule has 0 radical (unpaired) electrons. The van der Waals surface area contributed by atoms with E-state index in [9.17, 15) is 5.26 Å². The number of nitrogens with one attached hydrogen (secondary N) is 1. The number of nitrogens with zero attached hydrogens (tertiary/aromatic N) is 3. The molecule has 0 amide bonds. The van der Waals surface area contributed by atoms with Gasteiger partial charge < -0.3 is 9.88 Å². The monoisotopic (exact) mass is 246 g/mol. The summed E-state index contributed by atoms with van der Waals surface area (Å²) < 4.78 is 2.20. The van der Waals surface area contributed by atoms with Crippen LogP contribution in [0, 0.1) is 31.1 Å². The van der Waals surface area contributed by atoms with Crippen LogP contribution in [-0.2, 0) is 6.54 Å². The maximum absolute atomic E-state index is 9.41. The molecule has 1 aliphatic carbocycles. The zero-order chi connectivity index (χ0) is 13.2. The lowest BCUT2D eigenvalue weighted by atomic mass is 9.86. The highest BCUT2D eigenvalue weighted by atomic mass is 15.1. The molecule has 2 unspecified atom stereocenters. The lowest BCUT2D eigenvalue weighted by molar-refractivity contribution is 0.306. The van der Waals surface area contributed by atoms with Crippen LogP contribution in [0.2, 0.25) is 0 Å².